The molecule has 0 aromatic heterocycles. The Kier molecular flexibility index (Phi) is 5.20. The highest BCUT2D eigenvalue weighted by atomic mass is 19.4. The van der Waals surface area contributed by atoms with Gasteiger partial charge in [0.05, 0.1) is 19.7 Å². The van der Waals surface area contributed by atoms with Crippen molar-refractivity contribution in [2.24, 2.45) is 0 Å². The van der Waals surface area contributed by atoms with Crippen molar-refractivity contribution in [3.8, 4) is 0 Å². The highest BCUT2D eigenvalue weighted by Crippen LogP contribution is 2.19. The molecule has 17 heavy (non-hydrogen) atoms. The monoisotopic (exact) mass is 254 g/mol. The topological polar surface area (TPSA) is 41.6 Å². The minimum absolute atomic E-state index is 0.0914. The Hall–Kier alpha value is -0.820. The molecule has 1 aliphatic rings. The first kappa shape index (κ1) is 14.2. The van der Waals surface area contributed by atoms with Crippen LogP contribution < -0.4 is 5.32 Å². The van der Waals surface area contributed by atoms with E-state index in [0.717, 1.165) is 17.7 Å². The van der Waals surface area contributed by atoms with Crippen molar-refractivity contribution in [3.05, 3.63) is 0 Å². The Labute approximate surface area is 98.1 Å². The van der Waals surface area contributed by atoms with Gasteiger partial charge in [-0.15, -0.1) is 0 Å². The number of carbonyl (C=O) groups excluding carboxylic acids is 1. The molecule has 0 aromatic carbocycles. The quantitative estimate of drug-likeness (QED) is 0.730. The molecule has 7 heteroatoms. The normalized spacial score (nSPS) is 16.3. The van der Waals surface area contributed by atoms with Gasteiger partial charge in [0.15, 0.2) is 0 Å². The van der Waals surface area contributed by atoms with Gasteiger partial charge in [-0.05, 0) is 12.8 Å². The fourth-order valence-corrected chi connectivity index (χ4v) is 1.39. The molecule has 1 amide bonds. The molecule has 1 aliphatic carbocycles. The van der Waals surface area contributed by atoms with Gasteiger partial charge >= 0.3 is 6.18 Å². The second kappa shape index (κ2) is 6.20. The number of carbonyl (C=O) groups is 1. The minimum atomic E-state index is -4.30. The van der Waals surface area contributed by atoms with Crippen molar-refractivity contribution >= 4 is 5.91 Å². The molecule has 0 spiro atoms. The van der Waals surface area contributed by atoms with E-state index in [9.17, 15) is 18.0 Å². The van der Waals surface area contributed by atoms with Crippen molar-refractivity contribution in [1.82, 2.24) is 10.2 Å². The Morgan fingerprint density at radius 3 is 2.59 bits per heavy atom. The number of nitrogens with one attached hydrogen (secondary N) is 1. The summed E-state index contributed by atoms with van der Waals surface area (Å²) in [5, 5.41) is 2.66. The van der Waals surface area contributed by atoms with Crippen LogP contribution in [0.2, 0.25) is 0 Å². The van der Waals surface area contributed by atoms with Crippen LogP contribution in [0.3, 0.4) is 0 Å². The number of ether oxygens (including phenoxy) is 1. The van der Waals surface area contributed by atoms with E-state index >= 15 is 0 Å². The third-order valence-corrected chi connectivity index (χ3v) is 2.32. The molecule has 100 valence electrons. The number of amides is 1. The van der Waals surface area contributed by atoms with E-state index in [1.807, 2.05) is 0 Å². The predicted molar refractivity (Wildman–Crippen MR) is 55.5 cm³/mol. The number of alkyl halides is 3. The Bertz CT molecular complexity index is 254. The lowest BCUT2D eigenvalue weighted by molar-refractivity contribution is -0.149. The molecule has 0 radical (unpaired) electrons. The number of nitrogens with zero attached hydrogens (tertiary/aromatic N) is 1. The van der Waals surface area contributed by atoms with Gasteiger partial charge < -0.3 is 10.1 Å². The molecule has 4 nitrogen and oxygen atoms in total. The fraction of sp³-hybridized carbons (Fsp3) is 0.900. The molecule has 0 heterocycles. The van der Waals surface area contributed by atoms with E-state index in [1.165, 1.54) is 7.11 Å². The van der Waals surface area contributed by atoms with Crippen LogP contribution in [0.5, 0.6) is 0 Å². The number of methoxy groups -OCH3 is 1. The summed E-state index contributed by atoms with van der Waals surface area (Å²) in [7, 11) is 1.41. The van der Waals surface area contributed by atoms with Gasteiger partial charge in [-0.3, -0.25) is 9.69 Å². The van der Waals surface area contributed by atoms with Crippen LogP contribution in [0.4, 0.5) is 13.2 Å². The second-order valence-electron chi connectivity index (χ2n) is 4.16. The third kappa shape index (κ3) is 7.17. The van der Waals surface area contributed by atoms with Crippen molar-refractivity contribution < 1.29 is 22.7 Å². The van der Waals surface area contributed by atoms with Crippen LogP contribution in [0.25, 0.3) is 0 Å². The fourth-order valence-electron chi connectivity index (χ4n) is 1.39. The lowest BCUT2D eigenvalue weighted by atomic mass is 10.4. The molecule has 0 aromatic rings. The summed E-state index contributed by atoms with van der Waals surface area (Å²) in [6.07, 6.45) is -2.46. The van der Waals surface area contributed by atoms with E-state index < -0.39 is 12.7 Å². The van der Waals surface area contributed by atoms with E-state index in [2.05, 4.69) is 5.32 Å². The summed E-state index contributed by atoms with van der Waals surface area (Å²) in [5.74, 6) is -0.354. The van der Waals surface area contributed by atoms with Gasteiger partial charge in [-0.25, -0.2) is 0 Å². The van der Waals surface area contributed by atoms with Crippen molar-refractivity contribution in [3.63, 3.8) is 0 Å². The van der Waals surface area contributed by atoms with Gasteiger partial charge in [-0.2, -0.15) is 13.2 Å². The molecule has 0 saturated heterocycles. The average Bonchev–Trinajstić information content (AvgIpc) is 2.95. The molecule has 0 aliphatic heterocycles. The van der Waals surface area contributed by atoms with Crippen molar-refractivity contribution in [1.29, 1.82) is 0 Å². The van der Waals surface area contributed by atoms with E-state index in [-0.39, 0.29) is 31.6 Å². The summed E-state index contributed by atoms with van der Waals surface area (Å²) in [4.78, 5) is 12.4. The SMILES string of the molecule is COCCN(CC(=O)NC1CC1)CC(F)(F)F. The zero-order valence-corrected chi connectivity index (χ0v) is 9.72. The Morgan fingerprint density at radius 2 is 2.12 bits per heavy atom. The standard InChI is InChI=1S/C10H17F3N2O2/c1-17-5-4-15(7-10(11,12)13)6-9(16)14-8-2-3-8/h8H,2-7H2,1H3,(H,14,16). The van der Waals surface area contributed by atoms with Gasteiger partial charge in [0.25, 0.3) is 0 Å². The molecule has 0 atom stereocenters. The van der Waals surface area contributed by atoms with Crippen LogP contribution >= 0.6 is 0 Å². The number of halogens is 3. The molecule has 1 N–H and O–H groups in total. The second-order valence-corrected chi connectivity index (χ2v) is 4.16. The maximum absolute atomic E-state index is 12.2. The first-order chi connectivity index (χ1) is 7.90. The minimum Gasteiger partial charge on any atom is -0.383 e. The van der Waals surface area contributed by atoms with Gasteiger partial charge in [0, 0.05) is 19.7 Å². The summed E-state index contributed by atoms with van der Waals surface area (Å²) in [6, 6.07) is 0.165. The molecule has 1 rings (SSSR count). The summed E-state index contributed by atoms with van der Waals surface area (Å²) < 4.78 is 41.5. The predicted octanol–water partition coefficient (Wildman–Crippen LogP) is 0.776. The van der Waals surface area contributed by atoms with Crippen molar-refractivity contribution in [2.75, 3.05) is 33.4 Å². The zero-order chi connectivity index (χ0) is 12.9. The lowest BCUT2D eigenvalue weighted by Crippen LogP contribution is -2.43. The van der Waals surface area contributed by atoms with E-state index in [4.69, 9.17) is 4.74 Å². The van der Waals surface area contributed by atoms with Crippen LogP contribution in [-0.4, -0.2) is 56.4 Å². The summed E-state index contributed by atoms with van der Waals surface area (Å²) in [5.41, 5.74) is 0. The van der Waals surface area contributed by atoms with Crippen LogP contribution in [0, 0.1) is 0 Å². The first-order valence-electron chi connectivity index (χ1n) is 5.48. The van der Waals surface area contributed by atoms with Gasteiger partial charge in [0.2, 0.25) is 5.91 Å². The molecule has 1 saturated carbocycles. The third-order valence-electron chi connectivity index (χ3n) is 2.32. The number of rotatable bonds is 7. The maximum Gasteiger partial charge on any atom is 0.401 e. The average molecular weight is 254 g/mol. The van der Waals surface area contributed by atoms with E-state index in [1.54, 1.807) is 0 Å². The summed E-state index contributed by atoms with van der Waals surface area (Å²) in [6.45, 7) is -1.06. The maximum atomic E-state index is 12.2. The Morgan fingerprint density at radius 1 is 1.47 bits per heavy atom. The molecule has 1 fully saturated rings. The smallest absolute Gasteiger partial charge is 0.383 e. The van der Waals surface area contributed by atoms with Crippen LogP contribution in [0.1, 0.15) is 12.8 Å². The molecular weight excluding hydrogens is 237 g/mol. The largest absolute Gasteiger partial charge is 0.401 e. The van der Waals surface area contributed by atoms with E-state index in [0.29, 0.717) is 0 Å². The first-order valence-corrected chi connectivity index (χ1v) is 5.48. The van der Waals surface area contributed by atoms with Crippen LogP contribution in [0.15, 0.2) is 0 Å². The zero-order valence-electron chi connectivity index (χ0n) is 9.72. The molecular formula is C10H17F3N2O2. The van der Waals surface area contributed by atoms with Gasteiger partial charge in [-0.1, -0.05) is 0 Å². The number of hydrogen-bond acceptors (Lipinski definition) is 3. The molecule has 0 unspecified atom stereocenters. The number of hydrogen-bond donors (Lipinski definition) is 1. The highest BCUT2D eigenvalue weighted by molar-refractivity contribution is 5.78. The molecule has 0 bridgehead atoms. The van der Waals surface area contributed by atoms with Crippen molar-refractivity contribution in [2.45, 2.75) is 25.1 Å². The van der Waals surface area contributed by atoms with Gasteiger partial charge in [0.1, 0.15) is 0 Å². The summed E-state index contributed by atoms with van der Waals surface area (Å²) >= 11 is 0. The lowest BCUT2D eigenvalue weighted by Gasteiger charge is -2.22. The Balaban J connectivity index is 2.34. The highest BCUT2D eigenvalue weighted by Gasteiger charge is 2.32. The van der Waals surface area contributed by atoms with Crippen LogP contribution in [-0.2, 0) is 9.53 Å².